The van der Waals surface area contributed by atoms with Crippen molar-refractivity contribution in [3.8, 4) is 0 Å². The quantitative estimate of drug-likeness (QED) is 0.621. The average molecular weight is 441 g/mol. The van der Waals surface area contributed by atoms with Crippen LogP contribution in [0, 0.1) is 5.82 Å². The lowest BCUT2D eigenvalue weighted by Gasteiger charge is -2.22. The molecule has 0 saturated carbocycles. The van der Waals surface area contributed by atoms with Gasteiger partial charge in [-0.05, 0) is 48.4 Å². The molecule has 0 bridgehead atoms. The minimum Gasteiger partial charge on any atom is -0.337 e. The molecule has 8 heteroatoms. The van der Waals surface area contributed by atoms with E-state index >= 15 is 0 Å². The van der Waals surface area contributed by atoms with Crippen molar-refractivity contribution in [3.63, 3.8) is 0 Å². The minimum atomic E-state index is -0.372. The number of nitrogens with zero attached hydrogens (tertiary/aromatic N) is 4. The fourth-order valence-corrected chi connectivity index (χ4v) is 3.80. The molecular weight excluding hydrogens is 419 g/mol. The summed E-state index contributed by atoms with van der Waals surface area (Å²) in [6.07, 6.45) is 4.02. The molecule has 31 heavy (non-hydrogen) atoms. The summed E-state index contributed by atoms with van der Waals surface area (Å²) < 4.78 is 14.9. The Hall–Kier alpha value is -3.19. The normalized spacial score (nSPS) is 14.4. The van der Waals surface area contributed by atoms with Crippen molar-refractivity contribution in [1.29, 1.82) is 0 Å². The molecule has 1 saturated heterocycles. The topological polar surface area (TPSA) is 58.4 Å². The van der Waals surface area contributed by atoms with Crippen molar-refractivity contribution in [2.24, 2.45) is 0 Å². The van der Waals surface area contributed by atoms with Gasteiger partial charge in [0.25, 0.3) is 11.8 Å². The second kappa shape index (κ2) is 9.31. The maximum absolute atomic E-state index is 13.1. The summed E-state index contributed by atoms with van der Waals surface area (Å²) in [5.41, 5.74) is 2.08. The number of benzene rings is 2. The molecule has 3 aromatic rings. The molecule has 6 nitrogen and oxygen atoms in total. The predicted octanol–water partition coefficient (Wildman–Crippen LogP) is 3.71. The number of amides is 2. The first-order valence-electron chi connectivity index (χ1n) is 10.1. The molecule has 0 unspecified atom stereocenters. The smallest absolute Gasteiger partial charge is 0.253 e. The van der Waals surface area contributed by atoms with Gasteiger partial charge < -0.3 is 9.80 Å². The first-order chi connectivity index (χ1) is 15.0. The van der Waals surface area contributed by atoms with Gasteiger partial charge in [-0.2, -0.15) is 5.10 Å². The Morgan fingerprint density at radius 2 is 1.42 bits per heavy atom. The van der Waals surface area contributed by atoms with Crippen molar-refractivity contribution >= 4 is 23.4 Å². The SMILES string of the molecule is O=C(c1ccc(F)cc1)N1CCCN(C(=O)c2ccc(Cn3cc(Cl)cn3)cc2)CC1. The fraction of sp³-hybridized carbons (Fsp3) is 0.261. The third-order valence-electron chi connectivity index (χ3n) is 5.31. The van der Waals surface area contributed by atoms with E-state index in [0.29, 0.717) is 55.3 Å². The Kier molecular flexibility index (Phi) is 6.32. The summed E-state index contributed by atoms with van der Waals surface area (Å²) in [4.78, 5) is 29.1. The number of rotatable bonds is 4. The summed E-state index contributed by atoms with van der Waals surface area (Å²) in [6.45, 7) is 2.62. The molecule has 0 aliphatic carbocycles. The Bertz CT molecular complexity index is 1070. The van der Waals surface area contributed by atoms with Gasteiger partial charge in [0.1, 0.15) is 5.82 Å². The van der Waals surface area contributed by atoms with Gasteiger partial charge in [-0.25, -0.2) is 4.39 Å². The van der Waals surface area contributed by atoms with Crippen molar-refractivity contribution in [2.75, 3.05) is 26.2 Å². The van der Waals surface area contributed by atoms with Crippen molar-refractivity contribution in [2.45, 2.75) is 13.0 Å². The molecule has 1 aliphatic rings. The van der Waals surface area contributed by atoms with Crippen LogP contribution in [0.4, 0.5) is 4.39 Å². The number of carbonyl (C=O) groups excluding carboxylic acids is 2. The van der Waals surface area contributed by atoms with Gasteiger partial charge in [0, 0.05) is 43.5 Å². The van der Waals surface area contributed by atoms with Crippen molar-refractivity contribution < 1.29 is 14.0 Å². The molecule has 1 aliphatic heterocycles. The number of halogens is 2. The summed E-state index contributed by atoms with van der Waals surface area (Å²) in [5, 5.41) is 4.74. The lowest BCUT2D eigenvalue weighted by atomic mass is 10.1. The van der Waals surface area contributed by atoms with E-state index in [1.807, 2.05) is 24.3 Å². The summed E-state index contributed by atoms with van der Waals surface area (Å²) in [5.74, 6) is -0.564. The highest BCUT2D eigenvalue weighted by Gasteiger charge is 2.23. The Morgan fingerprint density at radius 3 is 1.94 bits per heavy atom. The van der Waals surface area contributed by atoms with Gasteiger partial charge in [0.15, 0.2) is 0 Å². The largest absolute Gasteiger partial charge is 0.337 e. The third kappa shape index (κ3) is 5.11. The second-order valence-electron chi connectivity index (χ2n) is 7.50. The molecule has 0 N–H and O–H groups in total. The molecule has 2 amide bonds. The van der Waals surface area contributed by atoms with E-state index < -0.39 is 0 Å². The average Bonchev–Trinajstić information content (AvgIpc) is 3.03. The highest BCUT2D eigenvalue weighted by Crippen LogP contribution is 2.14. The van der Waals surface area contributed by atoms with Crippen molar-refractivity contribution in [3.05, 3.63) is 88.5 Å². The van der Waals surface area contributed by atoms with E-state index in [0.717, 1.165) is 5.56 Å². The summed E-state index contributed by atoms with van der Waals surface area (Å²) >= 11 is 5.89. The van der Waals surface area contributed by atoms with Crippen LogP contribution in [0.5, 0.6) is 0 Å². The predicted molar refractivity (Wildman–Crippen MR) is 116 cm³/mol. The highest BCUT2D eigenvalue weighted by molar-refractivity contribution is 6.30. The lowest BCUT2D eigenvalue weighted by molar-refractivity contribution is 0.0718. The van der Waals surface area contributed by atoms with Crippen LogP contribution in [0.1, 0.15) is 32.7 Å². The molecule has 0 spiro atoms. The van der Waals surface area contributed by atoms with Gasteiger partial charge in [0.05, 0.1) is 17.8 Å². The minimum absolute atomic E-state index is 0.0511. The van der Waals surface area contributed by atoms with Gasteiger partial charge in [-0.15, -0.1) is 0 Å². The van der Waals surface area contributed by atoms with Crippen LogP contribution < -0.4 is 0 Å². The standard InChI is InChI=1S/C23H22ClFN4O2/c24-20-14-26-29(16-20)15-17-2-4-18(5-3-17)22(30)27-10-1-11-28(13-12-27)23(31)19-6-8-21(25)9-7-19/h2-9,14,16H,1,10-13,15H2. The monoisotopic (exact) mass is 440 g/mol. The van der Waals surface area contributed by atoms with Gasteiger partial charge >= 0.3 is 0 Å². The van der Waals surface area contributed by atoms with Crippen LogP contribution in [0.3, 0.4) is 0 Å². The summed E-state index contributed by atoms with van der Waals surface area (Å²) in [6, 6.07) is 13.0. The lowest BCUT2D eigenvalue weighted by Crippen LogP contribution is -2.37. The number of aromatic nitrogens is 2. The van der Waals surface area contributed by atoms with Gasteiger partial charge in [-0.1, -0.05) is 23.7 Å². The van der Waals surface area contributed by atoms with Crippen LogP contribution >= 0.6 is 11.6 Å². The van der Waals surface area contributed by atoms with Crippen LogP contribution in [-0.4, -0.2) is 57.6 Å². The van der Waals surface area contributed by atoms with Crippen LogP contribution in [-0.2, 0) is 6.54 Å². The molecule has 1 fully saturated rings. The zero-order valence-corrected chi connectivity index (χ0v) is 17.6. The van der Waals surface area contributed by atoms with E-state index in [-0.39, 0.29) is 17.6 Å². The Morgan fingerprint density at radius 1 is 0.871 bits per heavy atom. The van der Waals surface area contributed by atoms with E-state index in [1.54, 1.807) is 26.9 Å². The highest BCUT2D eigenvalue weighted by atomic mass is 35.5. The Labute approximate surface area is 184 Å². The molecule has 4 rings (SSSR count). The van der Waals surface area contributed by atoms with Gasteiger partial charge in [-0.3, -0.25) is 14.3 Å². The molecule has 0 radical (unpaired) electrons. The number of carbonyl (C=O) groups is 2. The third-order valence-corrected chi connectivity index (χ3v) is 5.50. The second-order valence-corrected chi connectivity index (χ2v) is 7.93. The zero-order valence-electron chi connectivity index (χ0n) is 16.9. The molecule has 1 aromatic heterocycles. The first-order valence-corrected chi connectivity index (χ1v) is 10.5. The molecule has 160 valence electrons. The number of hydrogen-bond donors (Lipinski definition) is 0. The number of hydrogen-bond acceptors (Lipinski definition) is 3. The molecule has 0 atom stereocenters. The van der Waals surface area contributed by atoms with Crippen LogP contribution in [0.2, 0.25) is 5.02 Å². The first kappa shape index (κ1) is 21.1. The molecule has 2 aromatic carbocycles. The van der Waals surface area contributed by atoms with E-state index in [9.17, 15) is 14.0 Å². The van der Waals surface area contributed by atoms with Crippen molar-refractivity contribution in [1.82, 2.24) is 19.6 Å². The van der Waals surface area contributed by atoms with Crippen LogP contribution in [0.15, 0.2) is 60.9 Å². The van der Waals surface area contributed by atoms with E-state index in [2.05, 4.69) is 5.10 Å². The molecular formula is C23H22ClFN4O2. The van der Waals surface area contributed by atoms with Gasteiger partial charge in [0.2, 0.25) is 0 Å². The van der Waals surface area contributed by atoms with E-state index in [4.69, 9.17) is 11.6 Å². The molecule has 2 heterocycles. The maximum Gasteiger partial charge on any atom is 0.253 e. The zero-order chi connectivity index (χ0) is 21.8. The Balaban J connectivity index is 1.36. The van der Waals surface area contributed by atoms with E-state index in [1.165, 1.54) is 24.3 Å². The summed E-state index contributed by atoms with van der Waals surface area (Å²) in [7, 11) is 0. The van der Waals surface area contributed by atoms with Crippen LogP contribution in [0.25, 0.3) is 0 Å². The maximum atomic E-state index is 13.1. The fourth-order valence-electron chi connectivity index (χ4n) is 3.65.